The van der Waals surface area contributed by atoms with Gasteiger partial charge in [-0.1, -0.05) is 30.3 Å². The highest BCUT2D eigenvalue weighted by Gasteiger charge is 2.46. The van der Waals surface area contributed by atoms with Crippen LogP contribution in [-0.2, 0) is 17.4 Å². The van der Waals surface area contributed by atoms with E-state index in [1.807, 2.05) is 32.5 Å². The molecule has 1 aromatic carbocycles. The molecule has 5 rings (SSSR count). The lowest BCUT2D eigenvalue weighted by molar-refractivity contribution is 0.266. The van der Waals surface area contributed by atoms with Crippen molar-refractivity contribution in [3.63, 3.8) is 0 Å². The summed E-state index contributed by atoms with van der Waals surface area (Å²) < 4.78 is 17.5. The van der Waals surface area contributed by atoms with Gasteiger partial charge in [-0.15, -0.1) is 11.8 Å². The van der Waals surface area contributed by atoms with E-state index in [-0.39, 0.29) is 10.2 Å². The third kappa shape index (κ3) is 4.61. The molecule has 0 radical (unpaired) electrons. The summed E-state index contributed by atoms with van der Waals surface area (Å²) in [4.78, 5) is 4.76. The molecule has 1 aromatic heterocycles. The van der Waals surface area contributed by atoms with E-state index >= 15 is 0 Å². The number of aromatic nitrogens is 1. The topological polar surface area (TPSA) is 42.3 Å². The summed E-state index contributed by atoms with van der Waals surface area (Å²) in [5.41, 5.74) is 5.11. The van der Waals surface area contributed by atoms with Crippen LogP contribution in [0.4, 0.5) is 0 Å². The van der Waals surface area contributed by atoms with Gasteiger partial charge in [0.05, 0.1) is 15.5 Å². The molecule has 0 bridgehead atoms. The van der Waals surface area contributed by atoms with Crippen LogP contribution < -0.4 is 0 Å². The predicted molar refractivity (Wildman–Crippen MR) is 136 cm³/mol. The molecule has 3 aliphatic rings. The van der Waals surface area contributed by atoms with Crippen molar-refractivity contribution in [3.8, 4) is 0 Å². The van der Waals surface area contributed by atoms with Gasteiger partial charge < -0.3 is 0 Å². The fraction of sp³-hybridized carbons (Fsp3) is 0.556. The van der Waals surface area contributed by atoms with Gasteiger partial charge in [0.1, 0.15) is 11.0 Å². The zero-order chi connectivity index (χ0) is 22.3. The van der Waals surface area contributed by atoms with Gasteiger partial charge in [-0.2, -0.15) is 4.40 Å². The van der Waals surface area contributed by atoms with E-state index in [1.54, 1.807) is 0 Å². The number of hydrogen-bond donors (Lipinski definition) is 0. The van der Waals surface area contributed by atoms with Crippen LogP contribution in [0.5, 0.6) is 0 Å². The van der Waals surface area contributed by atoms with Crippen molar-refractivity contribution in [3.05, 3.63) is 59.3 Å². The monoisotopic (exact) mass is 466 g/mol. The van der Waals surface area contributed by atoms with Gasteiger partial charge in [0.25, 0.3) is 0 Å². The van der Waals surface area contributed by atoms with Crippen LogP contribution in [0.2, 0.25) is 0 Å². The van der Waals surface area contributed by atoms with E-state index in [1.165, 1.54) is 40.3 Å². The van der Waals surface area contributed by atoms with E-state index in [2.05, 4.69) is 42.6 Å². The van der Waals surface area contributed by atoms with Crippen LogP contribution in [0.3, 0.4) is 0 Å². The molecule has 0 unspecified atom stereocenters. The smallest absolute Gasteiger partial charge is 0.145 e. The number of fused-ring (bicyclic) bond motifs is 1. The minimum atomic E-state index is -1.24. The van der Waals surface area contributed by atoms with Crippen LogP contribution in [0.25, 0.3) is 0 Å². The van der Waals surface area contributed by atoms with E-state index in [0.717, 1.165) is 43.7 Å². The van der Waals surface area contributed by atoms with Gasteiger partial charge in [0.2, 0.25) is 0 Å². The zero-order valence-corrected chi connectivity index (χ0v) is 21.1. The molecule has 2 aromatic rings. The van der Waals surface area contributed by atoms with Crippen molar-refractivity contribution >= 4 is 28.5 Å². The summed E-state index contributed by atoms with van der Waals surface area (Å²) in [6.07, 6.45) is 10.4. The van der Waals surface area contributed by atoms with E-state index in [0.29, 0.717) is 5.92 Å². The Morgan fingerprint density at radius 3 is 2.50 bits per heavy atom. The van der Waals surface area contributed by atoms with Crippen molar-refractivity contribution in [1.29, 1.82) is 0 Å². The fourth-order valence-electron chi connectivity index (χ4n) is 5.13. The zero-order valence-electron chi connectivity index (χ0n) is 19.5. The SMILES string of the molecule is CC(C)(C)[S@@](=O)/N=C1\c2ccccc2CC12CCC(c1ccc(SCC3CC3)nc1)CC2. The number of benzene rings is 1. The van der Waals surface area contributed by atoms with Crippen molar-refractivity contribution < 1.29 is 4.21 Å². The molecule has 0 saturated heterocycles. The molecule has 2 fully saturated rings. The standard InChI is InChI=1S/C27H34N2OS2/c1-26(2,3)32(30)29-25-23-7-5-4-6-21(23)16-27(25)14-12-20(13-15-27)22-10-11-24(28-17-22)31-18-19-8-9-19/h4-7,10-11,17,19-20H,8-9,12-16,18H2,1-3H3/b29-25+/t20?,27?,32-/m1/s1. The number of hydrogen-bond acceptors (Lipinski definition) is 3. The van der Waals surface area contributed by atoms with Gasteiger partial charge in [-0.3, -0.25) is 0 Å². The summed E-state index contributed by atoms with van der Waals surface area (Å²) in [6, 6.07) is 13.1. The van der Waals surface area contributed by atoms with Crippen LogP contribution in [0.1, 0.15) is 81.9 Å². The van der Waals surface area contributed by atoms with Crippen molar-refractivity contribution in [2.45, 2.75) is 81.4 Å². The summed E-state index contributed by atoms with van der Waals surface area (Å²) in [7, 11) is -1.24. The quantitative estimate of drug-likeness (QED) is 0.459. The highest BCUT2D eigenvalue weighted by atomic mass is 32.2. The molecular formula is C27H34N2OS2. The maximum absolute atomic E-state index is 13.0. The third-order valence-corrected chi connectivity index (χ3v) is 9.91. The second kappa shape index (κ2) is 8.72. The molecule has 3 aliphatic carbocycles. The van der Waals surface area contributed by atoms with Crippen molar-refractivity contribution in [2.75, 3.05) is 5.75 Å². The lowest BCUT2D eigenvalue weighted by Crippen LogP contribution is -2.34. The minimum absolute atomic E-state index is 0.0363. The maximum atomic E-state index is 13.0. The first-order chi connectivity index (χ1) is 15.3. The Hall–Kier alpha value is -1.46. The molecule has 170 valence electrons. The molecule has 5 heteroatoms. The highest BCUT2D eigenvalue weighted by Crippen LogP contribution is 2.51. The average Bonchev–Trinajstić information content (AvgIpc) is 3.57. The Labute approximate surface area is 199 Å². The normalized spacial score (nSPS) is 27.6. The molecule has 3 nitrogen and oxygen atoms in total. The van der Waals surface area contributed by atoms with Crippen LogP contribution in [-0.4, -0.2) is 25.4 Å². The lowest BCUT2D eigenvalue weighted by Gasteiger charge is -2.38. The van der Waals surface area contributed by atoms with E-state index < -0.39 is 11.0 Å². The molecule has 2 saturated carbocycles. The first-order valence-electron chi connectivity index (χ1n) is 12.0. The minimum Gasteiger partial charge on any atom is -0.250 e. The van der Waals surface area contributed by atoms with Crippen LogP contribution in [0.15, 0.2) is 52.0 Å². The first kappa shape index (κ1) is 22.3. The van der Waals surface area contributed by atoms with Gasteiger partial charge in [-0.25, -0.2) is 9.19 Å². The summed E-state index contributed by atoms with van der Waals surface area (Å²) >= 11 is 1.91. The van der Waals surface area contributed by atoms with Crippen molar-refractivity contribution in [1.82, 2.24) is 4.98 Å². The van der Waals surface area contributed by atoms with E-state index in [4.69, 9.17) is 9.38 Å². The largest absolute Gasteiger partial charge is 0.250 e. The molecule has 0 aliphatic heterocycles. The second-order valence-corrected chi connectivity index (χ2v) is 13.8. The highest BCUT2D eigenvalue weighted by molar-refractivity contribution is 7.99. The van der Waals surface area contributed by atoms with Crippen LogP contribution >= 0.6 is 11.8 Å². The molecule has 32 heavy (non-hydrogen) atoms. The van der Waals surface area contributed by atoms with Crippen molar-refractivity contribution in [2.24, 2.45) is 15.7 Å². The third-order valence-electron chi connectivity index (χ3n) is 7.34. The lowest BCUT2D eigenvalue weighted by atomic mass is 9.67. The molecule has 0 N–H and O–H groups in total. The summed E-state index contributed by atoms with van der Waals surface area (Å²) in [5.74, 6) is 2.71. The van der Waals surface area contributed by atoms with Gasteiger partial charge in [0.15, 0.2) is 0 Å². The number of rotatable bonds is 5. The molecule has 1 heterocycles. The van der Waals surface area contributed by atoms with Gasteiger partial charge in [-0.05, 0) is 94.7 Å². The fourth-order valence-corrected chi connectivity index (χ4v) is 6.89. The molecule has 1 spiro atoms. The van der Waals surface area contributed by atoms with Gasteiger partial charge >= 0.3 is 0 Å². The van der Waals surface area contributed by atoms with Crippen LogP contribution in [0, 0.1) is 11.3 Å². The Bertz CT molecular complexity index is 1030. The first-order valence-corrected chi connectivity index (χ1v) is 14.1. The summed E-state index contributed by atoms with van der Waals surface area (Å²) in [5, 5.41) is 1.17. The number of thioether (sulfide) groups is 1. The molecule has 1 atom stereocenters. The average molecular weight is 467 g/mol. The Balaban J connectivity index is 1.32. The Kier molecular flexibility index (Phi) is 6.08. The Morgan fingerprint density at radius 2 is 1.84 bits per heavy atom. The Morgan fingerprint density at radius 1 is 1.09 bits per heavy atom. The number of nitrogens with zero attached hydrogens (tertiary/aromatic N) is 2. The number of pyridine rings is 1. The van der Waals surface area contributed by atoms with Gasteiger partial charge in [0, 0.05) is 22.9 Å². The molecular weight excluding hydrogens is 432 g/mol. The van der Waals surface area contributed by atoms with E-state index in [9.17, 15) is 4.21 Å². The second-order valence-electron chi connectivity index (χ2n) is 10.9. The predicted octanol–water partition coefficient (Wildman–Crippen LogP) is 6.74. The summed E-state index contributed by atoms with van der Waals surface area (Å²) in [6.45, 7) is 6.03. The molecule has 0 amide bonds. The maximum Gasteiger partial charge on any atom is 0.145 e.